The Morgan fingerprint density at radius 1 is 0.524 bits per heavy atom. The molecular weight excluding hydrogens is 573 g/mol. The molecule has 2 aliphatic rings. The highest BCUT2D eigenvalue weighted by atomic mass is 32.2. The summed E-state index contributed by atoms with van der Waals surface area (Å²) < 4.78 is 59.9. The third kappa shape index (κ3) is 5.94. The molecule has 5 rings (SSSR count). The van der Waals surface area contributed by atoms with Crippen LogP contribution >= 0.6 is 0 Å². The lowest BCUT2D eigenvalue weighted by Crippen LogP contribution is -2.46. The van der Waals surface area contributed by atoms with E-state index in [0.717, 1.165) is 26.2 Å². The summed E-state index contributed by atoms with van der Waals surface area (Å²) in [5, 5.41) is 0. The van der Waals surface area contributed by atoms with Crippen molar-refractivity contribution in [1.82, 2.24) is 9.80 Å². The molecule has 3 aromatic rings. The van der Waals surface area contributed by atoms with E-state index in [1.807, 2.05) is 26.2 Å². The fourth-order valence-electron chi connectivity index (χ4n) is 5.39. The normalized spacial score (nSPS) is 17.3. The molecule has 2 saturated heterocycles. The van der Waals surface area contributed by atoms with Gasteiger partial charge in [0.25, 0.3) is 20.0 Å². The number of likely N-dealkylation sites (N-methyl/N-ethyl adjacent to an activating group) is 2. The maximum Gasteiger partial charge on any atom is 0.266 e. The molecule has 10 nitrogen and oxygen atoms in total. The summed E-state index contributed by atoms with van der Waals surface area (Å²) in [6.45, 7) is 5.61. The van der Waals surface area contributed by atoms with E-state index in [-0.39, 0.29) is 9.79 Å². The van der Waals surface area contributed by atoms with Crippen LogP contribution in [-0.2, 0) is 20.0 Å². The van der Waals surface area contributed by atoms with Crippen molar-refractivity contribution in [3.63, 3.8) is 0 Å². The van der Waals surface area contributed by atoms with E-state index in [4.69, 9.17) is 0 Å². The van der Waals surface area contributed by atoms with Crippen LogP contribution in [0.2, 0.25) is 0 Å². The summed E-state index contributed by atoms with van der Waals surface area (Å²) in [4.78, 5) is 8.52. The number of hydrogen-bond donors (Lipinski definition) is 0. The third-order valence-corrected chi connectivity index (χ3v) is 11.9. The monoisotopic (exact) mass is 612 g/mol. The molecule has 0 bridgehead atoms. The molecule has 3 aromatic carbocycles. The van der Waals surface area contributed by atoms with Crippen molar-refractivity contribution in [1.29, 1.82) is 0 Å². The number of benzene rings is 3. The molecule has 12 heteroatoms. The number of piperazine rings is 2. The molecule has 0 radical (unpaired) electrons. The molecule has 0 spiro atoms. The molecule has 42 heavy (non-hydrogen) atoms. The zero-order valence-electron chi connectivity index (χ0n) is 24.7. The highest BCUT2D eigenvalue weighted by molar-refractivity contribution is 7.93. The first kappa shape index (κ1) is 30.1. The lowest BCUT2D eigenvalue weighted by atomic mass is 10.2. The van der Waals surface area contributed by atoms with Crippen molar-refractivity contribution in [2.45, 2.75) is 9.79 Å². The van der Waals surface area contributed by atoms with Crippen LogP contribution in [0.15, 0.2) is 82.6 Å². The average Bonchev–Trinajstić information content (AvgIpc) is 3.01. The fraction of sp³-hybridized carbons (Fsp3) is 0.400. The van der Waals surface area contributed by atoms with E-state index in [1.54, 1.807) is 54.6 Å². The van der Waals surface area contributed by atoms with Crippen LogP contribution in [0.25, 0.3) is 0 Å². The number of rotatable bonds is 8. The molecular formula is C30H40N6O4S2. The van der Waals surface area contributed by atoms with Gasteiger partial charge < -0.3 is 19.6 Å². The lowest BCUT2D eigenvalue weighted by molar-refractivity contribution is 0.311. The van der Waals surface area contributed by atoms with Crippen molar-refractivity contribution < 1.29 is 16.8 Å². The number of sulfonamides is 2. The zero-order chi connectivity index (χ0) is 30.1. The highest BCUT2D eigenvalue weighted by Crippen LogP contribution is 2.40. The molecule has 0 amide bonds. The molecule has 0 saturated carbocycles. The van der Waals surface area contributed by atoms with Crippen LogP contribution in [0.3, 0.4) is 0 Å². The summed E-state index contributed by atoms with van der Waals surface area (Å²) >= 11 is 0. The smallest absolute Gasteiger partial charge is 0.266 e. The molecule has 0 N–H and O–H groups in total. The maximum absolute atomic E-state index is 14.4. The Hall–Kier alpha value is -3.32. The van der Waals surface area contributed by atoms with Gasteiger partial charge in [0.05, 0.1) is 22.7 Å². The molecule has 0 aliphatic carbocycles. The highest BCUT2D eigenvalue weighted by Gasteiger charge is 2.35. The Kier molecular flexibility index (Phi) is 8.70. The SMILES string of the molecule is CN1CCN(c2cc(N3CCN(C)CC3)c(S(=O)(=O)N(C)c3ccccc3)cc2S(=O)(=O)N(C)c2ccccc2)CC1. The fourth-order valence-corrected chi connectivity index (χ4v) is 8.29. The van der Waals surface area contributed by atoms with Gasteiger partial charge in [-0.25, -0.2) is 16.8 Å². The minimum Gasteiger partial charge on any atom is -0.368 e. The minimum atomic E-state index is -4.15. The van der Waals surface area contributed by atoms with Crippen LogP contribution in [-0.4, -0.2) is 107 Å². The number of anilines is 4. The maximum atomic E-state index is 14.4. The summed E-state index contributed by atoms with van der Waals surface area (Å²) in [7, 11) is -1.18. The topological polar surface area (TPSA) is 87.7 Å². The van der Waals surface area contributed by atoms with Crippen LogP contribution < -0.4 is 18.4 Å². The van der Waals surface area contributed by atoms with Crippen LogP contribution in [0, 0.1) is 0 Å². The van der Waals surface area contributed by atoms with Crippen molar-refractivity contribution >= 4 is 42.8 Å². The van der Waals surface area contributed by atoms with Crippen molar-refractivity contribution in [3.05, 3.63) is 72.8 Å². The van der Waals surface area contributed by atoms with Crippen LogP contribution in [0.5, 0.6) is 0 Å². The third-order valence-electron chi connectivity index (χ3n) is 8.24. The van der Waals surface area contributed by atoms with E-state index in [0.29, 0.717) is 48.9 Å². The van der Waals surface area contributed by atoms with Gasteiger partial charge in [-0.1, -0.05) is 36.4 Å². The number of nitrogens with zero attached hydrogens (tertiary/aromatic N) is 6. The summed E-state index contributed by atoms with van der Waals surface area (Å²) in [5.41, 5.74) is 2.05. The van der Waals surface area contributed by atoms with E-state index < -0.39 is 20.0 Å². The first-order valence-corrected chi connectivity index (χ1v) is 17.0. The first-order chi connectivity index (χ1) is 20.0. The first-order valence-electron chi connectivity index (χ1n) is 14.1. The molecule has 0 atom stereocenters. The van der Waals surface area contributed by atoms with Gasteiger partial charge in [-0.3, -0.25) is 8.61 Å². The number of para-hydroxylation sites is 2. The van der Waals surface area contributed by atoms with Crippen LogP contribution in [0.4, 0.5) is 22.7 Å². The zero-order valence-corrected chi connectivity index (χ0v) is 26.4. The Bertz CT molecular complexity index is 1470. The second-order valence-electron chi connectivity index (χ2n) is 11.0. The minimum absolute atomic E-state index is 0.0173. The van der Waals surface area contributed by atoms with Gasteiger partial charge in [0.1, 0.15) is 9.79 Å². The van der Waals surface area contributed by atoms with Gasteiger partial charge >= 0.3 is 0 Å². The molecule has 2 heterocycles. The largest absolute Gasteiger partial charge is 0.368 e. The van der Waals surface area contributed by atoms with Gasteiger partial charge in [0.15, 0.2) is 0 Å². The Morgan fingerprint density at radius 2 is 0.857 bits per heavy atom. The van der Waals surface area contributed by atoms with Gasteiger partial charge in [-0.15, -0.1) is 0 Å². The van der Waals surface area contributed by atoms with Gasteiger partial charge in [-0.2, -0.15) is 0 Å². The van der Waals surface area contributed by atoms with Crippen molar-refractivity contribution in [2.24, 2.45) is 0 Å². The molecule has 0 aromatic heterocycles. The Labute approximate surface area is 250 Å². The van der Waals surface area contributed by atoms with Gasteiger partial charge in [0.2, 0.25) is 0 Å². The second kappa shape index (κ2) is 12.1. The van der Waals surface area contributed by atoms with E-state index in [1.165, 1.54) is 28.8 Å². The van der Waals surface area contributed by atoms with Gasteiger partial charge in [0, 0.05) is 66.5 Å². The predicted molar refractivity (Wildman–Crippen MR) is 170 cm³/mol. The molecule has 0 unspecified atom stereocenters. The molecule has 2 aliphatic heterocycles. The summed E-state index contributed by atoms with van der Waals surface area (Å²) in [6, 6.07) is 20.9. The Balaban J connectivity index is 1.73. The van der Waals surface area contributed by atoms with Gasteiger partial charge in [-0.05, 0) is 50.5 Å². The standard InChI is InChI=1S/C30H40N6O4S2/c1-31-15-19-35(20-16-31)27-23-28(36-21-17-32(2)18-22-36)30(42(39,40)34(4)26-13-9-6-10-14-26)24-29(27)41(37,38)33(3)25-11-7-5-8-12-25/h5-14,23-24H,15-22H2,1-4H3. The average molecular weight is 613 g/mol. The predicted octanol–water partition coefficient (Wildman–Crippen LogP) is 2.84. The quantitative estimate of drug-likeness (QED) is 0.384. The molecule has 226 valence electrons. The van der Waals surface area contributed by atoms with Crippen molar-refractivity contribution in [3.8, 4) is 0 Å². The lowest BCUT2D eigenvalue weighted by Gasteiger charge is -2.39. The van der Waals surface area contributed by atoms with E-state index in [9.17, 15) is 16.8 Å². The second-order valence-corrected chi connectivity index (χ2v) is 14.9. The Morgan fingerprint density at radius 3 is 1.19 bits per heavy atom. The van der Waals surface area contributed by atoms with Crippen molar-refractivity contribution in [2.75, 3.05) is 99.0 Å². The van der Waals surface area contributed by atoms with E-state index in [2.05, 4.69) is 19.6 Å². The number of hydrogen-bond acceptors (Lipinski definition) is 8. The molecule has 2 fully saturated rings. The van der Waals surface area contributed by atoms with Crippen LogP contribution in [0.1, 0.15) is 0 Å². The summed E-state index contributed by atoms with van der Waals surface area (Å²) in [6.07, 6.45) is 0. The summed E-state index contributed by atoms with van der Waals surface area (Å²) in [5.74, 6) is 0. The van der Waals surface area contributed by atoms with E-state index >= 15 is 0 Å².